The average molecular weight is 207 g/mol. The molecule has 0 spiro atoms. The van der Waals surface area contributed by atoms with E-state index in [9.17, 15) is 4.79 Å². The normalized spacial score (nSPS) is 25.7. The number of hydrogen-bond acceptors (Lipinski definition) is 3. The first-order valence-corrected chi connectivity index (χ1v) is 5.44. The van der Waals surface area contributed by atoms with Gasteiger partial charge in [0.1, 0.15) is 0 Å². The van der Waals surface area contributed by atoms with E-state index in [0.29, 0.717) is 12.5 Å². The van der Waals surface area contributed by atoms with Crippen LogP contribution in [0.1, 0.15) is 12.8 Å². The average Bonchev–Trinajstić information content (AvgIpc) is 2.29. The van der Waals surface area contributed by atoms with Crippen LogP contribution in [0.5, 0.6) is 0 Å². The van der Waals surface area contributed by atoms with Crippen molar-refractivity contribution < 1.29 is 9.53 Å². The van der Waals surface area contributed by atoms with E-state index in [0.717, 1.165) is 25.9 Å². The van der Waals surface area contributed by atoms with Crippen LogP contribution in [0, 0.1) is 5.92 Å². The molecule has 0 saturated carbocycles. The molecule has 1 heterocycles. The Bertz CT molecular complexity index is 307. The third-order valence-corrected chi connectivity index (χ3v) is 3.17. The molecule has 0 aromatic heterocycles. The van der Waals surface area contributed by atoms with Crippen molar-refractivity contribution in [2.24, 2.45) is 5.92 Å². The highest BCUT2D eigenvalue weighted by Crippen LogP contribution is 2.28. The van der Waals surface area contributed by atoms with Crippen LogP contribution in [0.25, 0.3) is 0 Å². The van der Waals surface area contributed by atoms with Gasteiger partial charge in [-0.05, 0) is 25.3 Å². The molecule has 15 heavy (non-hydrogen) atoms. The number of fused-ring (bicyclic) bond motifs is 1. The number of piperidine rings is 1. The zero-order chi connectivity index (χ0) is 10.7. The van der Waals surface area contributed by atoms with E-state index in [1.54, 1.807) is 0 Å². The SMILES string of the molecule is COC(=O)CN1CCC2CC=CC=C2C1. The fourth-order valence-electron chi connectivity index (χ4n) is 2.26. The molecule has 0 bridgehead atoms. The fraction of sp³-hybridized carbons (Fsp3) is 0.583. The molecule has 2 aliphatic rings. The summed E-state index contributed by atoms with van der Waals surface area (Å²) in [7, 11) is 1.44. The second kappa shape index (κ2) is 4.62. The summed E-state index contributed by atoms with van der Waals surface area (Å²) in [6.45, 7) is 2.35. The second-order valence-electron chi connectivity index (χ2n) is 4.18. The molecule has 3 heteroatoms. The van der Waals surface area contributed by atoms with E-state index in [1.165, 1.54) is 12.7 Å². The quantitative estimate of drug-likeness (QED) is 0.640. The maximum absolute atomic E-state index is 11.1. The zero-order valence-corrected chi connectivity index (χ0v) is 9.11. The molecule has 0 aromatic rings. The zero-order valence-electron chi connectivity index (χ0n) is 9.11. The molecular formula is C12H17NO2. The monoisotopic (exact) mass is 207 g/mol. The van der Waals surface area contributed by atoms with E-state index >= 15 is 0 Å². The Balaban J connectivity index is 1.93. The van der Waals surface area contributed by atoms with Crippen LogP contribution >= 0.6 is 0 Å². The van der Waals surface area contributed by atoms with Crippen molar-refractivity contribution in [1.82, 2.24) is 4.90 Å². The van der Waals surface area contributed by atoms with Gasteiger partial charge in [0.15, 0.2) is 0 Å². The van der Waals surface area contributed by atoms with Gasteiger partial charge in [0.05, 0.1) is 13.7 Å². The highest BCUT2D eigenvalue weighted by molar-refractivity contribution is 5.71. The number of methoxy groups -OCH3 is 1. The Kier molecular flexibility index (Phi) is 3.21. The molecule has 0 N–H and O–H groups in total. The van der Waals surface area contributed by atoms with Gasteiger partial charge in [0.2, 0.25) is 0 Å². The molecule has 1 unspecified atom stereocenters. The number of hydrogen-bond donors (Lipinski definition) is 0. The van der Waals surface area contributed by atoms with Gasteiger partial charge in [-0.1, -0.05) is 23.8 Å². The third-order valence-electron chi connectivity index (χ3n) is 3.17. The van der Waals surface area contributed by atoms with Crippen LogP contribution in [-0.4, -0.2) is 37.6 Å². The Morgan fingerprint density at radius 2 is 2.53 bits per heavy atom. The molecule has 1 atom stereocenters. The van der Waals surface area contributed by atoms with Gasteiger partial charge in [-0.15, -0.1) is 0 Å². The smallest absolute Gasteiger partial charge is 0.319 e. The first kappa shape index (κ1) is 10.4. The molecule has 0 aromatic carbocycles. The summed E-state index contributed by atoms with van der Waals surface area (Å²) in [5.41, 5.74) is 1.47. The predicted octanol–water partition coefficient (Wildman–Crippen LogP) is 1.37. The van der Waals surface area contributed by atoms with E-state index in [2.05, 4.69) is 27.9 Å². The summed E-state index contributed by atoms with van der Waals surface area (Å²) < 4.78 is 4.67. The first-order chi connectivity index (χ1) is 7.29. The summed E-state index contributed by atoms with van der Waals surface area (Å²) >= 11 is 0. The number of carbonyl (C=O) groups excluding carboxylic acids is 1. The van der Waals surface area contributed by atoms with Gasteiger partial charge in [-0.2, -0.15) is 0 Å². The Morgan fingerprint density at radius 1 is 1.67 bits per heavy atom. The van der Waals surface area contributed by atoms with Gasteiger partial charge < -0.3 is 4.74 Å². The molecule has 0 radical (unpaired) electrons. The van der Waals surface area contributed by atoms with Crippen LogP contribution in [0.3, 0.4) is 0 Å². The number of nitrogens with zero attached hydrogens (tertiary/aromatic N) is 1. The van der Waals surface area contributed by atoms with E-state index < -0.39 is 0 Å². The molecule has 1 aliphatic heterocycles. The van der Waals surface area contributed by atoms with Gasteiger partial charge >= 0.3 is 5.97 Å². The summed E-state index contributed by atoms with van der Waals surface area (Å²) in [6.07, 6.45) is 8.86. The van der Waals surface area contributed by atoms with E-state index in [1.807, 2.05) is 0 Å². The Labute approximate surface area is 90.4 Å². The minimum absolute atomic E-state index is 0.139. The van der Waals surface area contributed by atoms with Crippen LogP contribution in [0.15, 0.2) is 23.8 Å². The highest BCUT2D eigenvalue weighted by atomic mass is 16.5. The van der Waals surface area contributed by atoms with E-state index in [-0.39, 0.29) is 5.97 Å². The van der Waals surface area contributed by atoms with Crippen LogP contribution in [0.2, 0.25) is 0 Å². The molecule has 1 aliphatic carbocycles. The standard InChI is InChI=1S/C12H17NO2/c1-15-12(14)9-13-7-6-10-4-2-3-5-11(10)8-13/h2-3,5,10H,4,6-9H2,1H3. The molecule has 1 fully saturated rings. The lowest BCUT2D eigenvalue weighted by Gasteiger charge is -2.34. The van der Waals surface area contributed by atoms with Crippen molar-refractivity contribution in [2.45, 2.75) is 12.8 Å². The van der Waals surface area contributed by atoms with E-state index in [4.69, 9.17) is 0 Å². The molecule has 1 saturated heterocycles. The van der Waals surface area contributed by atoms with Crippen molar-refractivity contribution >= 4 is 5.97 Å². The predicted molar refractivity (Wildman–Crippen MR) is 58.4 cm³/mol. The summed E-state index contributed by atoms with van der Waals surface area (Å²) in [5.74, 6) is 0.573. The maximum atomic E-state index is 11.1. The van der Waals surface area contributed by atoms with Gasteiger partial charge in [0.25, 0.3) is 0 Å². The number of likely N-dealkylation sites (tertiary alicyclic amines) is 1. The van der Waals surface area contributed by atoms with Crippen LogP contribution in [0.4, 0.5) is 0 Å². The molecule has 2 rings (SSSR count). The van der Waals surface area contributed by atoms with Crippen LogP contribution < -0.4 is 0 Å². The molecule has 3 nitrogen and oxygen atoms in total. The fourth-order valence-corrected chi connectivity index (χ4v) is 2.26. The van der Waals surface area contributed by atoms with Crippen molar-refractivity contribution in [3.63, 3.8) is 0 Å². The number of ether oxygens (including phenoxy) is 1. The number of rotatable bonds is 2. The number of esters is 1. The molecule has 82 valence electrons. The summed E-state index contributed by atoms with van der Waals surface area (Å²) in [6, 6.07) is 0. The van der Waals surface area contributed by atoms with Gasteiger partial charge in [0, 0.05) is 6.54 Å². The van der Waals surface area contributed by atoms with Crippen molar-refractivity contribution in [1.29, 1.82) is 0 Å². The minimum Gasteiger partial charge on any atom is -0.468 e. The number of allylic oxidation sites excluding steroid dienone is 3. The van der Waals surface area contributed by atoms with Crippen molar-refractivity contribution in [3.8, 4) is 0 Å². The lowest BCUT2D eigenvalue weighted by Crippen LogP contribution is -2.39. The number of carbonyl (C=O) groups is 1. The Morgan fingerprint density at radius 3 is 3.33 bits per heavy atom. The summed E-state index contributed by atoms with van der Waals surface area (Å²) in [5, 5.41) is 0. The lowest BCUT2D eigenvalue weighted by molar-refractivity contribution is -0.142. The highest BCUT2D eigenvalue weighted by Gasteiger charge is 2.24. The maximum Gasteiger partial charge on any atom is 0.319 e. The van der Waals surface area contributed by atoms with Gasteiger partial charge in [-0.25, -0.2) is 0 Å². The minimum atomic E-state index is -0.139. The second-order valence-corrected chi connectivity index (χ2v) is 4.18. The van der Waals surface area contributed by atoms with Crippen LogP contribution in [-0.2, 0) is 9.53 Å². The van der Waals surface area contributed by atoms with Gasteiger partial charge in [-0.3, -0.25) is 9.69 Å². The Hall–Kier alpha value is -1.09. The largest absolute Gasteiger partial charge is 0.468 e. The molecular weight excluding hydrogens is 190 g/mol. The summed E-state index contributed by atoms with van der Waals surface area (Å²) in [4.78, 5) is 13.3. The lowest BCUT2D eigenvalue weighted by atomic mass is 9.85. The topological polar surface area (TPSA) is 29.5 Å². The van der Waals surface area contributed by atoms with Crippen molar-refractivity contribution in [2.75, 3.05) is 26.7 Å². The first-order valence-electron chi connectivity index (χ1n) is 5.44. The molecule has 0 amide bonds. The van der Waals surface area contributed by atoms with Crippen molar-refractivity contribution in [3.05, 3.63) is 23.8 Å². The third kappa shape index (κ3) is 2.48.